The molecule has 0 unspecified atom stereocenters. The molecule has 1 rings (SSSR count). The first kappa shape index (κ1) is 12.1. The van der Waals surface area contributed by atoms with Gasteiger partial charge in [-0.3, -0.25) is 4.79 Å². The number of carboxylic acid groups (broad SMARTS) is 1. The van der Waals surface area contributed by atoms with Gasteiger partial charge in [0, 0.05) is 12.6 Å². The number of carbonyl (C=O) groups is 1. The number of aryl methyl sites for hydroxylation is 1. The first-order valence-corrected chi connectivity index (χ1v) is 6.32. The fraction of sp³-hybridized carbons (Fsp3) is 0.375. The first-order chi connectivity index (χ1) is 6.80. The van der Waals surface area contributed by atoms with Gasteiger partial charge in [-0.2, -0.15) is 0 Å². The molecule has 0 aliphatic rings. The van der Waals surface area contributed by atoms with Gasteiger partial charge in [0.25, 0.3) is 0 Å². The molecular formula is C8H10ClNO4S. The molecular weight excluding hydrogens is 242 g/mol. The van der Waals surface area contributed by atoms with Gasteiger partial charge in [-0.1, -0.05) is 11.6 Å². The SMILES string of the molecule is CS(=O)(=O)n1cc(CCC(=O)O)cc1Cl. The Bertz CT molecular complexity index is 477. The highest BCUT2D eigenvalue weighted by Crippen LogP contribution is 2.17. The predicted octanol–water partition coefficient (Wildman–Crippen LogP) is 0.966. The van der Waals surface area contributed by atoms with Crippen LogP contribution in [0, 0.1) is 0 Å². The molecule has 0 amide bonds. The maximum absolute atomic E-state index is 11.2. The van der Waals surface area contributed by atoms with E-state index in [-0.39, 0.29) is 18.0 Å². The molecule has 15 heavy (non-hydrogen) atoms. The third kappa shape index (κ3) is 3.24. The molecule has 1 aromatic rings. The molecule has 0 atom stereocenters. The van der Waals surface area contributed by atoms with Crippen LogP contribution in [0.2, 0.25) is 5.15 Å². The zero-order valence-corrected chi connectivity index (χ0v) is 9.55. The lowest BCUT2D eigenvalue weighted by atomic mass is 10.2. The van der Waals surface area contributed by atoms with E-state index in [1.54, 1.807) is 0 Å². The Labute approximate surface area is 92.3 Å². The van der Waals surface area contributed by atoms with Gasteiger partial charge in [0.15, 0.2) is 0 Å². The lowest BCUT2D eigenvalue weighted by molar-refractivity contribution is -0.136. The summed E-state index contributed by atoms with van der Waals surface area (Å²) in [6, 6.07) is 1.45. The molecule has 1 N–H and O–H groups in total. The second-order valence-corrected chi connectivity index (χ2v) is 5.37. The van der Waals surface area contributed by atoms with Crippen LogP contribution in [-0.4, -0.2) is 29.7 Å². The predicted molar refractivity (Wildman–Crippen MR) is 55.6 cm³/mol. The Morgan fingerprint density at radius 3 is 2.60 bits per heavy atom. The quantitative estimate of drug-likeness (QED) is 0.865. The summed E-state index contributed by atoms with van der Waals surface area (Å²) >= 11 is 5.68. The van der Waals surface area contributed by atoms with Gasteiger partial charge in [-0.05, 0) is 18.1 Å². The molecule has 0 aromatic carbocycles. The summed E-state index contributed by atoms with van der Waals surface area (Å²) in [5.41, 5.74) is 0.591. The highest BCUT2D eigenvalue weighted by Gasteiger charge is 2.12. The number of rotatable bonds is 4. The van der Waals surface area contributed by atoms with Gasteiger partial charge < -0.3 is 5.11 Å². The maximum atomic E-state index is 11.2. The molecule has 84 valence electrons. The molecule has 0 radical (unpaired) electrons. The highest BCUT2D eigenvalue weighted by atomic mass is 35.5. The standard InChI is InChI=1S/C8H10ClNO4S/c1-15(13,14)10-5-6(4-7(10)9)2-3-8(11)12/h4-5H,2-3H2,1H3,(H,11,12). The molecule has 1 heterocycles. The number of aromatic nitrogens is 1. The van der Waals surface area contributed by atoms with Crippen LogP contribution in [0.5, 0.6) is 0 Å². The number of hydrogen-bond acceptors (Lipinski definition) is 3. The van der Waals surface area contributed by atoms with E-state index in [9.17, 15) is 13.2 Å². The Morgan fingerprint density at radius 1 is 1.60 bits per heavy atom. The minimum atomic E-state index is -3.41. The molecule has 5 nitrogen and oxygen atoms in total. The Morgan fingerprint density at radius 2 is 2.20 bits per heavy atom. The minimum Gasteiger partial charge on any atom is -0.481 e. The van der Waals surface area contributed by atoms with Crippen molar-refractivity contribution in [2.75, 3.05) is 6.26 Å². The van der Waals surface area contributed by atoms with Crippen LogP contribution in [0.3, 0.4) is 0 Å². The molecule has 0 fully saturated rings. The van der Waals surface area contributed by atoms with E-state index in [0.29, 0.717) is 5.56 Å². The minimum absolute atomic E-state index is 0.0515. The van der Waals surface area contributed by atoms with Gasteiger partial charge >= 0.3 is 5.97 Å². The third-order valence-corrected chi connectivity index (χ3v) is 3.19. The van der Waals surface area contributed by atoms with Crippen molar-refractivity contribution in [1.29, 1.82) is 0 Å². The summed E-state index contributed by atoms with van der Waals surface area (Å²) in [5.74, 6) is -0.932. The van der Waals surface area contributed by atoms with Crippen molar-refractivity contribution in [2.24, 2.45) is 0 Å². The largest absolute Gasteiger partial charge is 0.481 e. The monoisotopic (exact) mass is 251 g/mol. The smallest absolute Gasteiger partial charge is 0.303 e. The number of hydrogen-bond donors (Lipinski definition) is 1. The van der Waals surface area contributed by atoms with Crippen LogP contribution in [0.25, 0.3) is 0 Å². The molecule has 7 heteroatoms. The van der Waals surface area contributed by atoms with Crippen molar-refractivity contribution in [1.82, 2.24) is 3.97 Å². The summed E-state index contributed by atoms with van der Waals surface area (Å²) < 4.78 is 23.3. The second kappa shape index (κ2) is 4.24. The molecule has 0 saturated heterocycles. The zero-order valence-electron chi connectivity index (χ0n) is 7.97. The van der Waals surface area contributed by atoms with Crippen LogP contribution in [0.1, 0.15) is 12.0 Å². The molecule has 1 aromatic heterocycles. The summed E-state index contributed by atoms with van der Waals surface area (Å²) in [5, 5.41) is 8.52. The zero-order chi connectivity index (χ0) is 11.6. The molecule has 0 saturated carbocycles. The Hall–Kier alpha value is -1.01. The average Bonchev–Trinajstić information content (AvgIpc) is 2.42. The Balaban J connectivity index is 2.92. The van der Waals surface area contributed by atoms with E-state index in [4.69, 9.17) is 16.7 Å². The lowest BCUT2D eigenvalue weighted by Gasteiger charge is -1.98. The topological polar surface area (TPSA) is 76.4 Å². The molecule has 0 aliphatic carbocycles. The number of aliphatic carboxylic acids is 1. The van der Waals surface area contributed by atoms with E-state index in [1.807, 2.05) is 0 Å². The fourth-order valence-corrected chi connectivity index (χ4v) is 2.37. The number of nitrogens with zero attached hydrogens (tertiary/aromatic N) is 1. The average molecular weight is 252 g/mol. The number of halogens is 1. The summed E-state index contributed by atoms with van der Waals surface area (Å²) in [4.78, 5) is 10.3. The maximum Gasteiger partial charge on any atom is 0.303 e. The number of carboxylic acids is 1. The molecule has 0 aliphatic heterocycles. The first-order valence-electron chi connectivity index (χ1n) is 4.10. The van der Waals surface area contributed by atoms with Crippen molar-refractivity contribution >= 4 is 27.6 Å². The van der Waals surface area contributed by atoms with E-state index in [0.717, 1.165) is 10.2 Å². The third-order valence-electron chi connectivity index (χ3n) is 1.78. The van der Waals surface area contributed by atoms with E-state index < -0.39 is 16.0 Å². The summed E-state index contributed by atoms with van der Waals surface area (Å²) in [7, 11) is -3.41. The van der Waals surface area contributed by atoms with E-state index in [1.165, 1.54) is 12.3 Å². The van der Waals surface area contributed by atoms with Gasteiger partial charge in [0.2, 0.25) is 10.0 Å². The van der Waals surface area contributed by atoms with Gasteiger partial charge in [-0.25, -0.2) is 12.4 Å². The van der Waals surface area contributed by atoms with E-state index in [2.05, 4.69) is 0 Å². The van der Waals surface area contributed by atoms with Crippen LogP contribution >= 0.6 is 11.6 Å². The lowest BCUT2D eigenvalue weighted by Crippen LogP contribution is -2.08. The van der Waals surface area contributed by atoms with Gasteiger partial charge in [0.1, 0.15) is 5.15 Å². The second-order valence-electron chi connectivity index (χ2n) is 3.12. The molecule has 0 bridgehead atoms. The Kier molecular flexibility index (Phi) is 3.41. The summed E-state index contributed by atoms with van der Waals surface area (Å²) in [6.07, 6.45) is 2.57. The van der Waals surface area contributed by atoms with Crippen molar-refractivity contribution in [3.05, 3.63) is 23.0 Å². The highest BCUT2D eigenvalue weighted by molar-refractivity contribution is 7.89. The fourth-order valence-electron chi connectivity index (χ4n) is 1.11. The summed E-state index contributed by atoms with van der Waals surface area (Å²) in [6.45, 7) is 0. The van der Waals surface area contributed by atoms with Crippen molar-refractivity contribution < 1.29 is 18.3 Å². The van der Waals surface area contributed by atoms with Crippen molar-refractivity contribution in [3.63, 3.8) is 0 Å². The van der Waals surface area contributed by atoms with Crippen LogP contribution in [-0.2, 0) is 21.2 Å². The van der Waals surface area contributed by atoms with Gasteiger partial charge in [0.05, 0.1) is 6.26 Å². The van der Waals surface area contributed by atoms with Gasteiger partial charge in [-0.15, -0.1) is 0 Å². The van der Waals surface area contributed by atoms with Crippen LogP contribution in [0.4, 0.5) is 0 Å². The molecule has 0 spiro atoms. The van der Waals surface area contributed by atoms with Crippen LogP contribution in [0.15, 0.2) is 12.3 Å². The van der Waals surface area contributed by atoms with Crippen LogP contribution < -0.4 is 0 Å². The van der Waals surface area contributed by atoms with E-state index >= 15 is 0 Å². The van der Waals surface area contributed by atoms with Crippen molar-refractivity contribution in [3.8, 4) is 0 Å². The van der Waals surface area contributed by atoms with Crippen molar-refractivity contribution in [2.45, 2.75) is 12.8 Å². The normalized spacial score (nSPS) is 11.6.